The number of thiophene rings is 1. The molecule has 1 amide bonds. The molecule has 0 saturated carbocycles. The summed E-state index contributed by atoms with van der Waals surface area (Å²) in [6, 6.07) is 13.8. The Morgan fingerprint density at radius 2 is 1.97 bits per heavy atom. The van der Waals surface area contributed by atoms with Crippen molar-refractivity contribution in [3.05, 3.63) is 70.9 Å². The second-order valence-corrected chi connectivity index (χ2v) is 8.07. The Morgan fingerprint density at radius 1 is 1.16 bits per heavy atom. The van der Waals surface area contributed by atoms with Gasteiger partial charge < -0.3 is 19.5 Å². The molecule has 2 heterocycles. The van der Waals surface area contributed by atoms with Crippen molar-refractivity contribution >= 4 is 22.9 Å². The summed E-state index contributed by atoms with van der Waals surface area (Å²) in [7, 11) is 1.65. The molecule has 6 heteroatoms. The summed E-state index contributed by atoms with van der Waals surface area (Å²) in [5, 5.41) is 5.19. The minimum atomic E-state index is -0.0339. The topological polar surface area (TPSA) is 56.8 Å². The monoisotopic (exact) mass is 435 g/mol. The molecule has 0 radical (unpaired) electrons. The van der Waals surface area contributed by atoms with Gasteiger partial charge in [0.05, 0.1) is 19.4 Å². The van der Waals surface area contributed by atoms with E-state index in [2.05, 4.69) is 17.3 Å². The molecule has 1 aliphatic heterocycles. The molecule has 0 fully saturated rings. The number of carbonyl (C=O) groups excluding carboxylic acids is 1. The number of methoxy groups -OCH3 is 1. The Morgan fingerprint density at radius 3 is 2.68 bits per heavy atom. The zero-order valence-electron chi connectivity index (χ0n) is 17.6. The molecule has 1 aliphatic rings. The quantitative estimate of drug-likeness (QED) is 0.450. The molecule has 160 valence electrons. The van der Waals surface area contributed by atoms with Crippen molar-refractivity contribution in [3.63, 3.8) is 0 Å². The summed E-state index contributed by atoms with van der Waals surface area (Å²) in [4.78, 5) is 13.8. The molecular weight excluding hydrogens is 410 g/mol. The number of hydrogen-bond donors (Lipinski definition) is 1. The van der Waals surface area contributed by atoms with Crippen LogP contribution < -0.4 is 19.5 Å². The molecule has 4 rings (SSSR count). The molecule has 0 aliphatic carbocycles. The summed E-state index contributed by atoms with van der Waals surface area (Å²) in [6.45, 7) is 6.58. The lowest BCUT2D eigenvalue weighted by molar-refractivity contribution is -0.116. The number of rotatable bonds is 8. The third kappa shape index (κ3) is 4.30. The van der Waals surface area contributed by atoms with Gasteiger partial charge >= 0.3 is 0 Å². The molecule has 0 unspecified atom stereocenters. The molecule has 2 aromatic carbocycles. The van der Waals surface area contributed by atoms with Crippen molar-refractivity contribution in [2.45, 2.75) is 19.3 Å². The fraction of sp³-hybridized carbons (Fsp3) is 0.240. The highest BCUT2D eigenvalue weighted by Crippen LogP contribution is 2.47. The maximum absolute atomic E-state index is 12.6. The number of carbonyl (C=O) groups is 1. The van der Waals surface area contributed by atoms with E-state index in [1.165, 1.54) is 0 Å². The van der Waals surface area contributed by atoms with Gasteiger partial charge in [-0.05, 0) is 42.3 Å². The van der Waals surface area contributed by atoms with E-state index in [1.807, 2.05) is 49.4 Å². The Balaban J connectivity index is 1.71. The predicted octanol–water partition coefficient (Wildman–Crippen LogP) is 5.86. The molecule has 3 aromatic rings. The van der Waals surface area contributed by atoms with Gasteiger partial charge in [0.25, 0.3) is 0 Å². The van der Waals surface area contributed by atoms with Crippen LogP contribution in [0.3, 0.4) is 0 Å². The molecular formula is C25H25NO4S. The maximum atomic E-state index is 12.6. The predicted molar refractivity (Wildman–Crippen MR) is 125 cm³/mol. The standard InChI is InChI=1S/C25H25NO4S/c1-4-12-30-21-11-8-17(13-22(21)29-5-2)19-14-23(27)26-24-20(15-31-25(19)24)16-6-9-18(28-3)10-7-16/h4,6-11,13,15,19H,1,5,12,14H2,2-3H3,(H,26,27)/t19-/m1/s1. The van der Waals surface area contributed by atoms with Gasteiger partial charge in [-0.1, -0.05) is 30.9 Å². The Bertz CT molecular complexity index is 1090. The van der Waals surface area contributed by atoms with E-state index in [9.17, 15) is 4.79 Å². The highest BCUT2D eigenvalue weighted by Gasteiger charge is 2.31. The molecule has 1 atom stereocenters. The van der Waals surface area contributed by atoms with Crippen molar-refractivity contribution in [2.75, 3.05) is 25.6 Å². The SMILES string of the molecule is C=CCOc1ccc([C@H]2CC(=O)Nc3c(-c4ccc(OC)cc4)csc32)cc1OCC. The number of hydrogen-bond acceptors (Lipinski definition) is 5. The van der Waals surface area contributed by atoms with Gasteiger partial charge in [0.15, 0.2) is 11.5 Å². The van der Waals surface area contributed by atoms with Crippen LogP contribution in [0.25, 0.3) is 11.1 Å². The van der Waals surface area contributed by atoms with Gasteiger partial charge in [-0.25, -0.2) is 0 Å². The fourth-order valence-corrected chi connectivity index (χ4v) is 4.92. The maximum Gasteiger partial charge on any atom is 0.225 e. The molecule has 0 bridgehead atoms. The second kappa shape index (κ2) is 9.27. The van der Waals surface area contributed by atoms with E-state index in [4.69, 9.17) is 14.2 Å². The van der Waals surface area contributed by atoms with Gasteiger partial charge in [-0.3, -0.25) is 4.79 Å². The van der Waals surface area contributed by atoms with Gasteiger partial charge in [0.2, 0.25) is 5.91 Å². The van der Waals surface area contributed by atoms with Gasteiger partial charge in [0, 0.05) is 28.2 Å². The number of nitrogens with one attached hydrogen (secondary N) is 1. The molecule has 5 nitrogen and oxygen atoms in total. The number of amides is 1. The van der Waals surface area contributed by atoms with Crippen LogP contribution in [0.1, 0.15) is 29.7 Å². The largest absolute Gasteiger partial charge is 0.497 e. The third-order valence-electron chi connectivity index (χ3n) is 5.22. The zero-order valence-corrected chi connectivity index (χ0v) is 18.5. The minimum Gasteiger partial charge on any atom is -0.497 e. The third-order valence-corrected chi connectivity index (χ3v) is 6.31. The molecule has 1 aromatic heterocycles. The van der Waals surface area contributed by atoms with E-state index >= 15 is 0 Å². The van der Waals surface area contributed by atoms with Crippen molar-refractivity contribution in [2.24, 2.45) is 0 Å². The van der Waals surface area contributed by atoms with Crippen molar-refractivity contribution in [1.29, 1.82) is 0 Å². The van der Waals surface area contributed by atoms with Crippen molar-refractivity contribution in [3.8, 4) is 28.4 Å². The van der Waals surface area contributed by atoms with Crippen LogP contribution in [0.5, 0.6) is 17.2 Å². The van der Waals surface area contributed by atoms with Crippen LogP contribution in [0.2, 0.25) is 0 Å². The van der Waals surface area contributed by atoms with E-state index in [0.717, 1.165) is 33.0 Å². The average molecular weight is 436 g/mol. The summed E-state index contributed by atoms with van der Waals surface area (Å²) < 4.78 is 16.8. The molecule has 0 spiro atoms. The zero-order chi connectivity index (χ0) is 21.8. The summed E-state index contributed by atoms with van der Waals surface area (Å²) >= 11 is 1.67. The van der Waals surface area contributed by atoms with E-state index in [0.29, 0.717) is 31.1 Å². The van der Waals surface area contributed by atoms with Crippen molar-refractivity contribution in [1.82, 2.24) is 0 Å². The Labute approximate surface area is 186 Å². The van der Waals surface area contributed by atoms with Crippen LogP contribution in [-0.2, 0) is 4.79 Å². The summed E-state index contributed by atoms with van der Waals surface area (Å²) in [5.74, 6) is 2.14. The number of anilines is 1. The Kier molecular flexibility index (Phi) is 6.28. The van der Waals surface area contributed by atoms with E-state index in [1.54, 1.807) is 24.5 Å². The first-order valence-electron chi connectivity index (χ1n) is 10.2. The van der Waals surface area contributed by atoms with Crippen LogP contribution in [0.15, 0.2) is 60.5 Å². The minimum absolute atomic E-state index is 0.00982. The number of fused-ring (bicyclic) bond motifs is 1. The van der Waals surface area contributed by atoms with Crippen LogP contribution in [0.4, 0.5) is 5.69 Å². The average Bonchev–Trinajstić information content (AvgIpc) is 3.21. The smallest absolute Gasteiger partial charge is 0.225 e. The van der Waals surface area contributed by atoms with Gasteiger partial charge in [-0.2, -0.15) is 0 Å². The lowest BCUT2D eigenvalue weighted by Crippen LogP contribution is -2.22. The van der Waals surface area contributed by atoms with Crippen LogP contribution in [-0.4, -0.2) is 26.2 Å². The Hall–Kier alpha value is -3.25. The van der Waals surface area contributed by atoms with Gasteiger partial charge in [0.1, 0.15) is 12.4 Å². The second-order valence-electron chi connectivity index (χ2n) is 7.16. The van der Waals surface area contributed by atoms with Crippen molar-refractivity contribution < 1.29 is 19.0 Å². The first kappa shape index (κ1) is 21.0. The summed E-state index contributed by atoms with van der Waals surface area (Å²) in [6.07, 6.45) is 2.10. The first-order chi connectivity index (χ1) is 15.1. The van der Waals surface area contributed by atoms with Gasteiger partial charge in [-0.15, -0.1) is 11.3 Å². The normalized spacial score (nSPS) is 15.0. The van der Waals surface area contributed by atoms with Crippen LogP contribution in [0, 0.1) is 0 Å². The first-order valence-corrected chi connectivity index (χ1v) is 11.1. The fourth-order valence-electron chi connectivity index (χ4n) is 3.76. The lowest BCUT2D eigenvalue weighted by Gasteiger charge is -2.25. The van der Waals surface area contributed by atoms with Crippen LogP contribution >= 0.6 is 11.3 Å². The summed E-state index contributed by atoms with van der Waals surface area (Å²) in [5.41, 5.74) is 3.99. The number of benzene rings is 2. The molecule has 0 saturated heterocycles. The highest BCUT2D eigenvalue weighted by molar-refractivity contribution is 7.11. The molecule has 1 N–H and O–H groups in total. The number of ether oxygens (including phenoxy) is 3. The molecule has 31 heavy (non-hydrogen) atoms. The van der Waals surface area contributed by atoms with E-state index < -0.39 is 0 Å². The van der Waals surface area contributed by atoms with E-state index in [-0.39, 0.29) is 11.8 Å². The lowest BCUT2D eigenvalue weighted by atomic mass is 9.89. The highest BCUT2D eigenvalue weighted by atomic mass is 32.1.